The molecule has 0 radical (unpaired) electrons. The minimum Gasteiger partial charge on any atom is -0.472 e. The van der Waals surface area contributed by atoms with Crippen LogP contribution in [0.5, 0.6) is 0 Å². The van der Waals surface area contributed by atoms with Gasteiger partial charge in [-0.05, 0) is 32.9 Å². The summed E-state index contributed by atoms with van der Waals surface area (Å²) in [5.41, 5.74) is 0.955. The van der Waals surface area contributed by atoms with Crippen LogP contribution < -0.4 is 5.32 Å². The molecule has 3 heteroatoms. The Morgan fingerprint density at radius 3 is 3.07 bits per heavy atom. The molecule has 78 valence electrons. The van der Waals surface area contributed by atoms with Crippen molar-refractivity contribution in [1.82, 2.24) is 5.32 Å². The Hall–Kier alpha value is -0.800. The minimum absolute atomic E-state index is 0.182. The lowest BCUT2D eigenvalue weighted by molar-refractivity contribution is -0.0807. The summed E-state index contributed by atoms with van der Waals surface area (Å²) in [6.45, 7) is 2.94. The van der Waals surface area contributed by atoms with Crippen LogP contribution >= 0.6 is 0 Å². The highest BCUT2D eigenvalue weighted by Crippen LogP contribution is 2.34. The van der Waals surface area contributed by atoms with Crippen LogP contribution in [0.1, 0.15) is 25.3 Å². The van der Waals surface area contributed by atoms with E-state index in [1.165, 1.54) is 0 Å². The summed E-state index contributed by atoms with van der Waals surface area (Å²) < 4.78 is 10.9. The molecular weight excluding hydrogens is 178 g/mol. The van der Waals surface area contributed by atoms with Crippen molar-refractivity contribution >= 4 is 0 Å². The molecule has 1 aliphatic heterocycles. The van der Waals surface area contributed by atoms with Crippen LogP contribution in [0.15, 0.2) is 23.0 Å². The van der Waals surface area contributed by atoms with E-state index in [9.17, 15) is 0 Å². The second-order valence-electron chi connectivity index (χ2n) is 4.07. The Morgan fingerprint density at radius 2 is 2.43 bits per heavy atom. The van der Waals surface area contributed by atoms with Gasteiger partial charge in [-0.25, -0.2) is 0 Å². The molecule has 1 aromatic heterocycles. The summed E-state index contributed by atoms with van der Waals surface area (Å²) >= 11 is 0. The van der Waals surface area contributed by atoms with Crippen LogP contribution in [0.4, 0.5) is 0 Å². The third-order valence-corrected chi connectivity index (χ3v) is 3.06. The molecule has 0 spiro atoms. The van der Waals surface area contributed by atoms with Crippen LogP contribution in [0.25, 0.3) is 0 Å². The lowest BCUT2D eigenvalue weighted by Crippen LogP contribution is -2.42. The first-order valence-electron chi connectivity index (χ1n) is 5.08. The van der Waals surface area contributed by atoms with Gasteiger partial charge in [0.15, 0.2) is 0 Å². The first kappa shape index (κ1) is 9.74. The Labute approximate surface area is 84.4 Å². The van der Waals surface area contributed by atoms with Gasteiger partial charge >= 0.3 is 0 Å². The van der Waals surface area contributed by atoms with Crippen molar-refractivity contribution in [3.63, 3.8) is 0 Å². The molecule has 2 rings (SSSR count). The number of hydrogen-bond acceptors (Lipinski definition) is 3. The van der Waals surface area contributed by atoms with Gasteiger partial charge in [0.2, 0.25) is 0 Å². The van der Waals surface area contributed by atoms with Crippen molar-refractivity contribution in [3.05, 3.63) is 24.2 Å². The molecule has 0 aromatic carbocycles. The van der Waals surface area contributed by atoms with Gasteiger partial charge in [0.05, 0.1) is 18.1 Å². The molecule has 1 N–H and O–H groups in total. The monoisotopic (exact) mass is 195 g/mol. The molecule has 1 aliphatic rings. The van der Waals surface area contributed by atoms with E-state index in [2.05, 4.69) is 12.2 Å². The second-order valence-corrected chi connectivity index (χ2v) is 4.07. The van der Waals surface area contributed by atoms with Gasteiger partial charge in [0.1, 0.15) is 0 Å². The van der Waals surface area contributed by atoms with E-state index in [4.69, 9.17) is 9.15 Å². The van der Waals surface area contributed by atoms with E-state index >= 15 is 0 Å². The maximum atomic E-state index is 5.84. The van der Waals surface area contributed by atoms with Gasteiger partial charge in [-0.15, -0.1) is 0 Å². The predicted octanol–water partition coefficient (Wildman–Crippen LogP) is 1.89. The van der Waals surface area contributed by atoms with Crippen LogP contribution in [-0.4, -0.2) is 19.7 Å². The van der Waals surface area contributed by atoms with Crippen molar-refractivity contribution in [2.24, 2.45) is 0 Å². The van der Waals surface area contributed by atoms with Gasteiger partial charge in [0.25, 0.3) is 0 Å². The van der Waals surface area contributed by atoms with Crippen LogP contribution in [-0.2, 0) is 10.3 Å². The largest absolute Gasteiger partial charge is 0.472 e. The van der Waals surface area contributed by atoms with E-state index in [0.29, 0.717) is 6.04 Å². The molecule has 0 bridgehead atoms. The van der Waals surface area contributed by atoms with E-state index in [0.717, 1.165) is 25.0 Å². The molecule has 1 aromatic rings. The molecule has 0 saturated carbocycles. The molecule has 2 atom stereocenters. The average Bonchev–Trinajstić information content (AvgIpc) is 2.71. The summed E-state index contributed by atoms with van der Waals surface area (Å²) in [7, 11) is 2.01. The molecule has 0 amide bonds. The minimum atomic E-state index is -0.182. The zero-order chi connectivity index (χ0) is 10.0. The normalized spacial score (nSPS) is 33.1. The molecule has 2 unspecified atom stereocenters. The van der Waals surface area contributed by atoms with Crippen molar-refractivity contribution in [2.75, 3.05) is 13.7 Å². The number of ether oxygens (including phenoxy) is 1. The lowest BCUT2D eigenvalue weighted by atomic mass is 9.87. The van der Waals surface area contributed by atoms with E-state index in [1.807, 2.05) is 13.1 Å². The highest BCUT2D eigenvalue weighted by molar-refractivity contribution is 5.16. The number of furan rings is 1. The first-order chi connectivity index (χ1) is 6.74. The fourth-order valence-electron chi connectivity index (χ4n) is 2.07. The molecule has 1 fully saturated rings. The zero-order valence-electron chi connectivity index (χ0n) is 8.75. The smallest absolute Gasteiger partial charge is 0.0963 e. The zero-order valence-corrected chi connectivity index (χ0v) is 8.75. The van der Waals surface area contributed by atoms with Gasteiger partial charge in [0, 0.05) is 18.2 Å². The van der Waals surface area contributed by atoms with Gasteiger partial charge < -0.3 is 14.5 Å². The third kappa shape index (κ3) is 1.70. The standard InChI is InChI=1S/C11H17NO2/c1-11(9-3-5-13-8-9)7-10(12-2)4-6-14-11/h3,5,8,10,12H,4,6-7H2,1-2H3. The SMILES string of the molecule is CNC1CCOC(C)(c2ccoc2)C1. The summed E-state index contributed by atoms with van der Waals surface area (Å²) in [5, 5.41) is 3.31. The fourth-order valence-corrected chi connectivity index (χ4v) is 2.07. The van der Waals surface area contributed by atoms with Crippen LogP contribution in [0.3, 0.4) is 0 Å². The van der Waals surface area contributed by atoms with Crippen LogP contribution in [0.2, 0.25) is 0 Å². The van der Waals surface area contributed by atoms with E-state index < -0.39 is 0 Å². The summed E-state index contributed by atoms with van der Waals surface area (Å²) in [5.74, 6) is 0. The number of nitrogens with one attached hydrogen (secondary N) is 1. The molecular formula is C11H17NO2. The van der Waals surface area contributed by atoms with Crippen molar-refractivity contribution < 1.29 is 9.15 Å². The Bertz CT molecular complexity index is 283. The topological polar surface area (TPSA) is 34.4 Å². The predicted molar refractivity (Wildman–Crippen MR) is 54.1 cm³/mol. The van der Waals surface area contributed by atoms with Crippen molar-refractivity contribution in [3.8, 4) is 0 Å². The molecule has 1 saturated heterocycles. The molecule has 2 heterocycles. The highest BCUT2D eigenvalue weighted by Gasteiger charge is 2.34. The van der Waals surface area contributed by atoms with Crippen molar-refractivity contribution in [2.45, 2.75) is 31.4 Å². The number of rotatable bonds is 2. The molecule has 3 nitrogen and oxygen atoms in total. The lowest BCUT2D eigenvalue weighted by Gasteiger charge is -2.37. The summed E-state index contributed by atoms with van der Waals surface area (Å²) in [6, 6.07) is 2.53. The van der Waals surface area contributed by atoms with Crippen LogP contribution in [0, 0.1) is 0 Å². The second kappa shape index (κ2) is 3.75. The first-order valence-corrected chi connectivity index (χ1v) is 5.08. The Balaban J connectivity index is 2.15. The molecule has 0 aliphatic carbocycles. The van der Waals surface area contributed by atoms with Crippen molar-refractivity contribution in [1.29, 1.82) is 0 Å². The Morgan fingerprint density at radius 1 is 1.57 bits per heavy atom. The maximum absolute atomic E-state index is 5.84. The van der Waals surface area contributed by atoms with Gasteiger partial charge in [-0.2, -0.15) is 0 Å². The Kier molecular flexibility index (Phi) is 2.61. The third-order valence-electron chi connectivity index (χ3n) is 3.06. The average molecular weight is 195 g/mol. The highest BCUT2D eigenvalue weighted by atomic mass is 16.5. The summed E-state index contributed by atoms with van der Waals surface area (Å²) in [6.07, 6.45) is 5.57. The summed E-state index contributed by atoms with van der Waals surface area (Å²) in [4.78, 5) is 0. The van der Waals surface area contributed by atoms with E-state index in [-0.39, 0.29) is 5.60 Å². The quantitative estimate of drug-likeness (QED) is 0.782. The van der Waals surface area contributed by atoms with Gasteiger partial charge in [-0.3, -0.25) is 0 Å². The number of hydrogen-bond donors (Lipinski definition) is 1. The van der Waals surface area contributed by atoms with Gasteiger partial charge in [-0.1, -0.05) is 0 Å². The fraction of sp³-hybridized carbons (Fsp3) is 0.636. The molecule has 14 heavy (non-hydrogen) atoms. The van der Waals surface area contributed by atoms with E-state index in [1.54, 1.807) is 12.5 Å². The maximum Gasteiger partial charge on any atom is 0.0963 e.